The summed E-state index contributed by atoms with van der Waals surface area (Å²) in [6.07, 6.45) is 0. The molecule has 5 nitrogen and oxygen atoms in total. The minimum absolute atomic E-state index is 0.311. The molecular weight excluding hydrogens is 228 g/mol. The summed E-state index contributed by atoms with van der Waals surface area (Å²) in [5, 5.41) is 8.36. The lowest BCUT2D eigenvalue weighted by molar-refractivity contribution is 0.185. The van der Waals surface area contributed by atoms with Gasteiger partial charge in [0.05, 0.1) is 18.4 Å². The van der Waals surface area contributed by atoms with Crippen LogP contribution in [0.4, 0.5) is 5.69 Å². The fourth-order valence-corrected chi connectivity index (χ4v) is 1.97. The Morgan fingerprint density at radius 1 is 1.44 bits per heavy atom. The molecule has 0 saturated carbocycles. The lowest BCUT2D eigenvalue weighted by Gasteiger charge is -2.10. The molecular formula is C10H12N2O3S. The van der Waals surface area contributed by atoms with Crippen LogP contribution in [0.5, 0.6) is 0 Å². The molecule has 6 heteroatoms. The number of rotatable bonds is 5. The van der Waals surface area contributed by atoms with Gasteiger partial charge in [-0.1, -0.05) is 18.2 Å². The molecule has 0 unspecified atom stereocenters. The van der Waals surface area contributed by atoms with Crippen LogP contribution in [-0.2, 0) is 21.4 Å². The zero-order valence-corrected chi connectivity index (χ0v) is 9.62. The van der Waals surface area contributed by atoms with E-state index in [0.717, 1.165) is 5.56 Å². The first-order chi connectivity index (χ1) is 7.59. The van der Waals surface area contributed by atoms with Gasteiger partial charge in [-0.3, -0.25) is 4.72 Å². The maximum atomic E-state index is 11.4. The number of nitrogens with one attached hydrogen (secondary N) is 1. The molecule has 0 bridgehead atoms. The molecule has 0 aromatic heterocycles. The normalized spacial score (nSPS) is 10.8. The van der Waals surface area contributed by atoms with Crippen LogP contribution in [0, 0.1) is 11.3 Å². The van der Waals surface area contributed by atoms with Gasteiger partial charge in [-0.2, -0.15) is 5.26 Å². The third kappa shape index (κ3) is 3.53. The van der Waals surface area contributed by atoms with Crippen molar-refractivity contribution < 1.29 is 13.2 Å². The van der Waals surface area contributed by atoms with Crippen LogP contribution < -0.4 is 4.72 Å². The van der Waals surface area contributed by atoms with Crippen LogP contribution in [0.3, 0.4) is 0 Å². The lowest BCUT2D eigenvalue weighted by Crippen LogP contribution is -2.16. The topological polar surface area (TPSA) is 79.2 Å². The summed E-state index contributed by atoms with van der Waals surface area (Å²) in [4.78, 5) is 0. The van der Waals surface area contributed by atoms with E-state index in [1.54, 1.807) is 30.3 Å². The SMILES string of the molecule is COCc1ccccc1NS(=O)(=O)CC#N. The van der Waals surface area contributed by atoms with Gasteiger partial charge >= 0.3 is 0 Å². The van der Waals surface area contributed by atoms with Gasteiger partial charge in [0.1, 0.15) is 0 Å². The molecule has 0 atom stereocenters. The molecule has 0 saturated heterocycles. The predicted octanol–water partition coefficient (Wildman–Crippen LogP) is 1.10. The number of hydrogen-bond donors (Lipinski definition) is 1. The molecule has 0 aliphatic heterocycles. The Hall–Kier alpha value is -1.58. The predicted molar refractivity (Wildman–Crippen MR) is 60.2 cm³/mol. The smallest absolute Gasteiger partial charge is 0.246 e. The van der Waals surface area contributed by atoms with Crippen molar-refractivity contribution in [2.75, 3.05) is 17.6 Å². The lowest BCUT2D eigenvalue weighted by atomic mass is 10.2. The Bertz CT molecular complexity index is 491. The Morgan fingerprint density at radius 2 is 2.12 bits per heavy atom. The first-order valence-electron chi connectivity index (χ1n) is 4.53. The van der Waals surface area contributed by atoms with Crippen molar-refractivity contribution in [1.29, 1.82) is 5.26 Å². The molecule has 0 aliphatic rings. The van der Waals surface area contributed by atoms with E-state index in [2.05, 4.69) is 4.72 Å². The van der Waals surface area contributed by atoms with Gasteiger partial charge in [-0.05, 0) is 6.07 Å². The number of ether oxygens (including phenoxy) is 1. The van der Waals surface area contributed by atoms with Crippen molar-refractivity contribution in [3.8, 4) is 6.07 Å². The van der Waals surface area contributed by atoms with Crippen molar-refractivity contribution in [1.82, 2.24) is 0 Å². The van der Waals surface area contributed by atoms with Crippen molar-refractivity contribution in [3.63, 3.8) is 0 Å². The van der Waals surface area contributed by atoms with Crippen LogP contribution in [0.25, 0.3) is 0 Å². The van der Waals surface area contributed by atoms with E-state index in [-0.39, 0.29) is 0 Å². The quantitative estimate of drug-likeness (QED) is 0.835. The molecule has 1 aromatic carbocycles. The van der Waals surface area contributed by atoms with E-state index in [1.165, 1.54) is 7.11 Å². The Labute approximate surface area is 94.7 Å². The molecule has 86 valence electrons. The fraction of sp³-hybridized carbons (Fsp3) is 0.300. The van der Waals surface area contributed by atoms with Gasteiger partial charge < -0.3 is 4.74 Å². The highest BCUT2D eigenvalue weighted by molar-refractivity contribution is 7.92. The summed E-state index contributed by atoms with van der Waals surface area (Å²) in [6, 6.07) is 8.48. The number of para-hydroxylation sites is 1. The first-order valence-corrected chi connectivity index (χ1v) is 6.18. The van der Waals surface area contributed by atoms with Crippen LogP contribution >= 0.6 is 0 Å². The number of nitriles is 1. The molecule has 0 amide bonds. The zero-order valence-electron chi connectivity index (χ0n) is 8.80. The van der Waals surface area contributed by atoms with Crippen molar-refractivity contribution in [3.05, 3.63) is 29.8 Å². The van der Waals surface area contributed by atoms with Crippen LogP contribution in [-0.4, -0.2) is 21.3 Å². The molecule has 1 aromatic rings. The second kappa shape index (κ2) is 5.49. The molecule has 1 N–H and O–H groups in total. The van der Waals surface area contributed by atoms with E-state index in [1.807, 2.05) is 0 Å². The summed E-state index contributed by atoms with van der Waals surface area (Å²) < 4.78 is 30.0. The van der Waals surface area contributed by atoms with Gasteiger partial charge in [-0.15, -0.1) is 0 Å². The number of anilines is 1. The van der Waals surface area contributed by atoms with Gasteiger partial charge in [0.2, 0.25) is 10.0 Å². The summed E-state index contributed by atoms with van der Waals surface area (Å²) in [5.41, 5.74) is 1.17. The second-order valence-corrected chi connectivity index (χ2v) is 4.83. The molecule has 0 radical (unpaired) electrons. The number of benzene rings is 1. The fourth-order valence-electron chi connectivity index (χ4n) is 1.19. The minimum Gasteiger partial charge on any atom is -0.380 e. The number of methoxy groups -OCH3 is 1. The minimum atomic E-state index is -3.59. The summed E-state index contributed by atoms with van der Waals surface area (Å²) >= 11 is 0. The highest BCUT2D eigenvalue weighted by Gasteiger charge is 2.11. The highest BCUT2D eigenvalue weighted by Crippen LogP contribution is 2.17. The molecule has 0 heterocycles. The van der Waals surface area contributed by atoms with E-state index >= 15 is 0 Å². The number of sulfonamides is 1. The van der Waals surface area contributed by atoms with Gasteiger partial charge in [0.15, 0.2) is 5.75 Å². The monoisotopic (exact) mass is 240 g/mol. The molecule has 0 fully saturated rings. The summed E-state index contributed by atoms with van der Waals surface area (Å²) in [6.45, 7) is 0.311. The molecule has 0 spiro atoms. The third-order valence-electron chi connectivity index (χ3n) is 1.84. The molecule has 16 heavy (non-hydrogen) atoms. The number of hydrogen-bond acceptors (Lipinski definition) is 4. The maximum Gasteiger partial charge on any atom is 0.246 e. The van der Waals surface area contributed by atoms with Gasteiger partial charge in [0.25, 0.3) is 0 Å². The van der Waals surface area contributed by atoms with Crippen LogP contribution in [0.15, 0.2) is 24.3 Å². The van der Waals surface area contributed by atoms with Gasteiger partial charge in [0, 0.05) is 12.7 Å². The molecule has 0 aliphatic carbocycles. The first kappa shape index (κ1) is 12.5. The Balaban J connectivity index is 2.93. The maximum absolute atomic E-state index is 11.4. The van der Waals surface area contributed by atoms with E-state index < -0.39 is 15.8 Å². The van der Waals surface area contributed by atoms with Crippen LogP contribution in [0.2, 0.25) is 0 Å². The average Bonchev–Trinajstić information content (AvgIpc) is 2.20. The summed E-state index contributed by atoms with van der Waals surface area (Å²) in [7, 11) is -2.06. The number of nitrogens with zero attached hydrogens (tertiary/aromatic N) is 1. The third-order valence-corrected chi connectivity index (χ3v) is 2.88. The van der Waals surface area contributed by atoms with E-state index in [4.69, 9.17) is 10.00 Å². The largest absolute Gasteiger partial charge is 0.380 e. The Kier molecular flexibility index (Phi) is 4.28. The van der Waals surface area contributed by atoms with Crippen LogP contribution in [0.1, 0.15) is 5.56 Å². The van der Waals surface area contributed by atoms with E-state index in [9.17, 15) is 8.42 Å². The zero-order chi connectivity index (χ0) is 12.0. The van der Waals surface area contributed by atoms with Crippen molar-refractivity contribution in [2.24, 2.45) is 0 Å². The molecule has 1 rings (SSSR count). The Morgan fingerprint density at radius 3 is 2.75 bits per heavy atom. The van der Waals surface area contributed by atoms with Crippen molar-refractivity contribution >= 4 is 15.7 Å². The standard InChI is InChI=1S/C10H12N2O3S/c1-15-8-9-4-2-3-5-10(9)12-16(13,14)7-6-11/h2-5,12H,7-8H2,1H3. The van der Waals surface area contributed by atoms with E-state index in [0.29, 0.717) is 12.3 Å². The average molecular weight is 240 g/mol. The van der Waals surface area contributed by atoms with Crippen molar-refractivity contribution in [2.45, 2.75) is 6.61 Å². The summed E-state index contributed by atoms with van der Waals surface area (Å²) in [5.74, 6) is -0.561. The second-order valence-electron chi connectivity index (χ2n) is 3.11. The van der Waals surface area contributed by atoms with Gasteiger partial charge in [-0.25, -0.2) is 8.42 Å². The highest BCUT2D eigenvalue weighted by atomic mass is 32.2.